The highest BCUT2D eigenvalue weighted by atomic mass is 32.1. The maximum Gasteiger partial charge on any atom is 0.228 e. The number of methoxy groups -OCH3 is 1. The van der Waals surface area contributed by atoms with Crippen LogP contribution in [0.3, 0.4) is 0 Å². The number of carbonyl (C=O) groups excluding carboxylic acids is 2. The first kappa shape index (κ1) is 16.7. The van der Waals surface area contributed by atoms with Crippen molar-refractivity contribution in [3.63, 3.8) is 0 Å². The number of likely N-dealkylation sites (tertiary alicyclic amines) is 1. The van der Waals surface area contributed by atoms with Crippen LogP contribution in [0, 0.1) is 0 Å². The molecule has 126 valence electrons. The Morgan fingerprint density at radius 3 is 2.71 bits per heavy atom. The third kappa shape index (κ3) is 3.85. The van der Waals surface area contributed by atoms with Gasteiger partial charge in [0.1, 0.15) is 5.75 Å². The van der Waals surface area contributed by atoms with Gasteiger partial charge in [-0.05, 0) is 48.6 Å². The number of amides is 1. The predicted octanol–water partition coefficient (Wildman–Crippen LogP) is 3.56. The Hall–Kier alpha value is -2.14. The molecule has 2 aromatic rings. The number of rotatable bonds is 6. The van der Waals surface area contributed by atoms with Gasteiger partial charge in [-0.2, -0.15) is 0 Å². The number of hydrogen-bond acceptors (Lipinski definition) is 4. The summed E-state index contributed by atoms with van der Waals surface area (Å²) in [7, 11) is 1.60. The van der Waals surface area contributed by atoms with Crippen LogP contribution >= 0.6 is 11.3 Å². The summed E-state index contributed by atoms with van der Waals surface area (Å²) < 4.78 is 5.12. The molecule has 1 saturated heterocycles. The maximum atomic E-state index is 12.5. The standard InChI is InChI=1S/C19H21NO3S/c1-23-16-8-6-14(7-9-16)18(21)12-15-4-2-10-20(15)19(22)13-17-5-3-11-24-17/h3,5-9,11,15H,2,4,10,12-13H2,1H3/t15-/m0/s1. The molecule has 5 heteroatoms. The lowest BCUT2D eigenvalue weighted by Gasteiger charge is -2.24. The second-order valence-electron chi connectivity index (χ2n) is 6.00. The van der Waals surface area contributed by atoms with Gasteiger partial charge in [-0.15, -0.1) is 11.3 Å². The van der Waals surface area contributed by atoms with E-state index in [1.807, 2.05) is 22.4 Å². The molecule has 1 aromatic heterocycles. The number of nitrogens with zero attached hydrogens (tertiary/aromatic N) is 1. The maximum absolute atomic E-state index is 12.5. The zero-order valence-corrected chi connectivity index (χ0v) is 14.6. The molecule has 1 aliphatic rings. The third-order valence-electron chi connectivity index (χ3n) is 4.44. The van der Waals surface area contributed by atoms with Crippen molar-refractivity contribution in [1.29, 1.82) is 0 Å². The number of ketones is 1. The van der Waals surface area contributed by atoms with Crippen molar-refractivity contribution < 1.29 is 14.3 Å². The first-order valence-electron chi connectivity index (χ1n) is 8.16. The molecule has 0 saturated carbocycles. The van der Waals surface area contributed by atoms with Gasteiger partial charge in [0.05, 0.1) is 13.5 Å². The van der Waals surface area contributed by atoms with Crippen LogP contribution in [0.1, 0.15) is 34.5 Å². The normalized spacial score (nSPS) is 17.0. The van der Waals surface area contributed by atoms with Crippen LogP contribution < -0.4 is 4.74 Å². The fourth-order valence-corrected chi connectivity index (χ4v) is 3.84. The van der Waals surface area contributed by atoms with Gasteiger partial charge in [0, 0.05) is 29.4 Å². The van der Waals surface area contributed by atoms with Crippen LogP contribution in [-0.2, 0) is 11.2 Å². The van der Waals surface area contributed by atoms with Crippen LogP contribution in [0.2, 0.25) is 0 Å². The summed E-state index contributed by atoms with van der Waals surface area (Å²) in [5.74, 6) is 0.945. The second kappa shape index (κ2) is 7.62. The molecule has 24 heavy (non-hydrogen) atoms. The van der Waals surface area contributed by atoms with Crippen molar-refractivity contribution in [2.24, 2.45) is 0 Å². The number of ether oxygens (including phenoxy) is 1. The van der Waals surface area contributed by atoms with Crippen molar-refractivity contribution in [3.05, 3.63) is 52.2 Å². The molecule has 0 radical (unpaired) electrons. The lowest BCUT2D eigenvalue weighted by Crippen LogP contribution is -2.37. The van der Waals surface area contributed by atoms with Crippen LogP contribution in [0.5, 0.6) is 5.75 Å². The SMILES string of the molecule is COc1ccc(C(=O)C[C@@H]2CCCN2C(=O)Cc2cccs2)cc1. The Morgan fingerprint density at radius 1 is 1.25 bits per heavy atom. The molecular weight excluding hydrogens is 322 g/mol. The lowest BCUT2D eigenvalue weighted by atomic mass is 10.0. The predicted molar refractivity (Wildman–Crippen MR) is 94.7 cm³/mol. The number of carbonyl (C=O) groups is 2. The van der Waals surface area contributed by atoms with Crippen LogP contribution in [0.15, 0.2) is 41.8 Å². The molecule has 1 atom stereocenters. The second-order valence-corrected chi connectivity index (χ2v) is 7.03. The van der Waals surface area contributed by atoms with Crippen molar-refractivity contribution in [2.45, 2.75) is 31.7 Å². The molecule has 4 nitrogen and oxygen atoms in total. The lowest BCUT2D eigenvalue weighted by molar-refractivity contribution is -0.131. The van der Waals surface area contributed by atoms with Crippen molar-refractivity contribution in [1.82, 2.24) is 4.90 Å². The molecule has 1 aliphatic heterocycles. The van der Waals surface area contributed by atoms with Crippen LogP contribution in [0.25, 0.3) is 0 Å². The molecule has 0 aliphatic carbocycles. The van der Waals surface area contributed by atoms with Crippen LogP contribution in [-0.4, -0.2) is 36.3 Å². The summed E-state index contributed by atoms with van der Waals surface area (Å²) in [6.45, 7) is 0.755. The summed E-state index contributed by atoms with van der Waals surface area (Å²) in [6.07, 6.45) is 2.70. The monoisotopic (exact) mass is 343 g/mol. The molecule has 0 unspecified atom stereocenters. The summed E-state index contributed by atoms with van der Waals surface area (Å²) in [4.78, 5) is 28.0. The average Bonchev–Trinajstić information content (AvgIpc) is 3.26. The molecular formula is C19H21NO3S. The minimum Gasteiger partial charge on any atom is -0.497 e. The van der Waals surface area contributed by atoms with E-state index in [1.54, 1.807) is 42.7 Å². The Labute approximate surface area is 146 Å². The molecule has 1 fully saturated rings. The topological polar surface area (TPSA) is 46.6 Å². The summed E-state index contributed by atoms with van der Waals surface area (Å²) in [5.41, 5.74) is 0.674. The molecule has 1 amide bonds. The first-order chi connectivity index (χ1) is 11.7. The van der Waals surface area contributed by atoms with Gasteiger partial charge >= 0.3 is 0 Å². The number of Topliss-reactive ketones (excluding diaryl/α,β-unsaturated/α-hetero) is 1. The minimum atomic E-state index is 0.0204. The van der Waals surface area contributed by atoms with Crippen molar-refractivity contribution in [3.8, 4) is 5.75 Å². The smallest absolute Gasteiger partial charge is 0.228 e. The molecule has 2 heterocycles. The summed E-state index contributed by atoms with van der Waals surface area (Å²) >= 11 is 1.60. The van der Waals surface area contributed by atoms with E-state index in [0.717, 1.165) is 30.0 Å². The molecule has 1 aromatic carbocycles. The van der Waals surface area contributed by atoms with E-state index >= 15 is 0 Å². The van der Waals surface area contributed by atoms with Gasteiger partial charge in [0.25, 0.3) is 0 Å². The van der Waals surface area contributed by atoms with E-state index < -0.39 is 0 Å². The number of hydrogen-bond donors (Lipinski definition) is 0. The van der Waals surface area contributed by atoms with Gasteiger partial charge in [-0.3, -0.25) is 9.59 Å². The van der Waals surface area contributed by atoms with E-state index in [4.69, 9.17) is 4.74 Å². The van der Waals surface area contributed by atoms with Gasteiger partial charge in [0.2, 0.25) is 5.91 Å². The minimum absolute atomic E-state index is 0.0204. The molecule has 0 spiro atoms. The summed E-state index contributed by atoms with van der Waals surface area (Å²) in [6, 6.07) is 11.1. The highest BCUT2D eigenvalue weighted by molar-refractivity contribution is 7.10. The van der Waals surface area contributed by atoms with E-state index in [1.165, 1.54) is 0 Å². The van der Waals surface area contributed by atoms with Crippen LogP contribution in [0.4, 0.5) is 0 Å². The average molecular weight is 343 g/mol. The molecule has 0 N–H and O–H groups in total. The van der Waals surface area contributed by atoms with Gasteiger partial charge in [-0.1, -0.05) is 6.07 Å². The highest BCUT2D eigenvalue weighted by Gasteiger charge is 2.30. The molecule has 0 bridgehead atoms. The zero-order chi connectivity index (χ0) is 16.9. The van der Waals surface area contributed by atoms with E-state index in [-0.39, 0.29) is 17.7 Å². The molecule has 3 rings (SSSR count). The van der Waals surface area contributed by atoms with Gasteiger partial charge in [-0.25, -0.2) is 0 Å². The van der Waals surface area contributed by atoms with Crippen molar-refractivity contribution >= 4 is 23.0 Å². The van der Waals surface area contributed by atoms with E-state index in [9.17, 15) is 9.59 Å². The largest absolute Gasteiger partial charge is 0.497 e. The Balaban J connectivity index is 1.62. The Morgan fingerprint density at radius 2 is 2.04 bits per heavy atom. The van der Waals surface area contributed by atoms with E-state index in [0.29, 0.717) is 18.4 Å². The quantitative estimate of drug-likeness (QED) is 0.754. The van der Waals surface area contributed by atoms with Crippen molar-refractivity contribution in [2.75, 3.05) is 13.7 Å². The fourth-order valence-electron chi connectivity index (χ4n) is 3.15. The van der Waals surface area contributed by atoms with Gasteiger partial charge in [0.15, 0.2) is 5.78 Å². The number of thiophene rings is 1. The summed E-state index contributed by atoms with van der Waals surface area (Å²) in [5, 5.41) is 1.98. The zero-order valence-electron chi connectivity index (χ0n) is 13.7. The number of benzene rings is 1. The highest BCUT2D eigenvalue weighted by Crippen LogP contribution is 2.24. The fraction of sp³-hybridized carbons (Fsp3) is 0.368. The van der Waals surface area contributed by atoms with E-state index in [2.05, 4.69) is 0 Å². The Bertz CT molecular complexity index is 694. The Kier molecular flexibility index (Phi) is 5.30. The third-order valence-corrected chi connectivity index (χ3v) is 5.31. The first-order valence-corrected chi connectivity index (χ1v) is 9.04. The van der Waals surface area contributed by atoms with Gasteiger partial charge < -0.3 is 9.64 Å².